The molecular weight excluding hydrogens is 545 g/mol. The molecular formula is C21H26IN5O2S2. The second-order valence-corrected chi connectivity index (χ2v) is 8.38. The van der Waals surface area contributed by atoms with Crippen LogP contribution in [0.4, 0.5) is 0 Å². The van der Waals surface area contributed by atoms with Crippen molar-refractivity contribution in [2.75, 3.05) is 13.7 Å². The van der Waals surface area contributed by atoms with Gasteiger partial charge in [-0.15, -0.1) is 46.7 Å². The van der Waals surface area contributed by atoms with Crippen LogP contribution in [0.1, 0.15) is 46.0 Å². The lowest BCUT2D eigenvalue weighted by molar-refractivity contribution is 0.0531. The Kier molecular flexibility index (Phi) is 9.85. The molecule has 3 aromatic rings. The summed E-state index contributed by atoms with van der Waals surface area (Å²) in [5, 5.41) is 10.4. The second kappa shape index (κ2) is 12.1. The number of guanidine groups is 1. The first-order valence-corrected chi connectivity index (χ1v) is 11.3. The molecule has 0 saturated heterocycles. The quantitative estimate of drug-likeness (QED) is 0.184. The monoisotopic (exact) mass is 571 g/mol. The molecule has 0 bridgehead atoms. The van der Waals surface area contributed by atoms with Crippen molar-refractivity contribution < 1.29 is 9.53 Å². The smallest absolute Gasteiger partial charge is 0.350 e. The maximum Gasteiger partial charge on any atom is 0.350 e. The molecule has 7 nitrogen and oxygen atoms in total. The number of nitrogens with one attached hydrogen (secondary N) is 2. The summed E-state index contributed by atoms with van der Waals surface area (Å²) in [6.45, 7) is 6.49. The van der Waals surface area contributed by atoms with Crippen molar-refractivity contribution in [3.05, 3.63) is 57.0 Å². The summed E-state index contributed by atoms with van der Waals surface area (Å²) in [6, 6.07) is 10.0. The lowest BCUT2D eigenvalue weighted by atomic mass is 10.2. The average molecular weight is 572 g/mol. The van der Waals surface area contributed by atoms with E-state index in [0.29, 0.717) is 29.7 Å². The molecule has 0 spiro atoms. The van der Waals surface area contributed by atoms with Crippen LogP contribution in [0.5, 0.6) is 0 Å². The fourth-order valence-corrected chi connectivity index (χ4v) is 4.51. The molecule has 0 aliphatic heterocycles. The molecule has 0 saturated carbocycles. The standard InChI is InChI=1S/C21H25N5O2S2.HI/c1-5-28-20(27)17-13(2)24-18(30-17)14(3)25-21(22-4)23-11-16-12-29-19(26-16)15-9-7-6-8-10-15;/h6-10,12,14H,5,11H2,1-4H3,(H2,22,23,25);1H. The van der Waals surface area contributed by atoms with Crippen molar-refractivity contribution >= 4 is 58.6 Å². The van der Waals surface area contributed by atoms with E-state index in [1.807, 2.05) is 37.4 Å². The number of ether oxygens (including phenoxy) is 1. The number of rotatable bonds is 7. The molecule has 0 radical (unpaired) electrons. The van der Waals surface area contributed by atoms with E-state index in [-0.39, 0.29) is 36.0 Å². The van der Waals surface area contributed by atoms with Gasteiger partial charge in [-0.2, -0.15) is 0 Å². The van der Waals surface area contributed by atoms with Crippen molar-refractivity contribution in [3.8, 4) is 10.6 Å². The Bertz CT molecular complexity index is 1020. The van der Waals surface area contributed by atoms with E-state index in [1.165, 1.54) is 11.3 Å². The molecule has 1 aromatic carbocycles. The number of aryl methyl sites for hydroxylation is 1. The zero-order valence-electron chi connectivity index (χ0n) is 17.8. The lowest BCUT2D eigenvalue weighted by Gasteiger charge is -2.15. The Labute approximate surface area is 207 Å². The number of nitrogens with zero attached hydrogens (tertiary/aromatic N) is 3. The summed E-state index contributed by atoms with van der Waals surface area (Å²) < 4.78 is 5.09. The van der Waals surface area contributed by atoms with E-state index in [9.17, 15) is 4.79 Å². The molecule has 1 unspecified atom stereocenters. The van der Waals surface area contributed by atoms with E-state index in [0.717, 1.165) is 21.3 Å². The number of esters is 1. The number of thiazole rings is 2. The number of hydrogen-bond donors (Lipinski definition) is 2. The van der Waals surface area contributed by atoms with E-state index in [4.69, 9.17) is 4.74 Å². The summed E-state index contributed by atoms with van der Waals surface area (Å²) in [5.41, 5.74) is 2.74. The number of aliphatic imine (C=N–C) groups is 1. The molecule has 1 atom stereocenters. The van der Waals surface area contributed by atoms with Gasteiger partial charge >= 0.3 is 5.97 Å². The van der Waals surface area contributed by atoms with E-state index >= 15 is 0 Å². The van der Waals surface area contributed by atoms with Crippen LogP contribution in [0.3, 0.4) is 0 Å². The van der Waals surface area contributed by atoms with Crippen LogP contribution in [0, 0.1) is 6.92 Å². The maximum absolute atomic E-state index is 12.0. The Hall–Kier alpha value is -2.05. The van der Waals surface area contributed by atoms with Crippen LogP contribution in [0.2, 0.25) is 0 Å². The summed E-state index contributed by atoms with van der Waals surface area (Å²) in [7, 11) is 1.72. The topological polar surface area (TPSA) is 88.5 Å². The third-order valence-corrected chi connectivity index (χ3v) is 6.49. The first-order chi connectivity index (χ1) is 14.5. The van der Waals surface area contributed by atoms with Crippen molar-refractivity contribution in [1.29, 1.82) is 0 Å². The number of aromatic nitrogens is 2. The highest BCUT2D eigenvalue weighted by Gasteiger charge is 2.20. The Morgan fingerprint density at radius 1 is 1.26 bits per heavy atom. The van der Waals surface area contributed by atoms with Crippen molar-refractivity contribution in [2.45, 2.75) is 33.4 Å². The lowest BCUT2D eigenvalue weighted by Crippen LogP contribution is -2.38. The molecule has 3 rings (SSSR count). The Balaban J connectivity index is 0.00000341. The van der Waals surface area contributed by atoms with Gasteiger partial charge in [0.25, 0.3) is 0 Å². The predicted octanol–water partition coefficient (Wildman–Crippen LogP) is 4.80. The zero-order chi connectivity index (χ0) is 21.5. The predicted molar refractivity (Wildman–Crippen MR) is 138 cm³/mol. The number of hydrogen-bond acceptors (Lipinski definition) is 7. The van der Waals surface area contributed by atoms with Crippen LogP contribution in [-0.2, 0) is 11.3 Å². The fraction of sp³-hybridized carbons (Fsp3) is 0.333. The van der Waals surface area contributed by atoms with Gasteiger partial charge in [-0.1, -0.05) is 30.3 Å². The summed E-state index contributed by atoms with van der Waals surface area (Å²) >= 11 is 2.96. The van der Waals surface area contributed by atoms with Gasteiger partial charge in [0.15, 0.2) is 5.96 Å². The molecule has 0 amide bonds. The van der Waals surface area contributed by atoms with Gasteiger partial charge in [0, 0.05) is 18.0 Å². The maximum atomic E-state index is 12.0. The van der Waals surface area contributed by atoms with Gasteiger partial charge in [0.2, 0.25) is 0 Å². The molecule has 166 valence electrons. The molecule has 2 N–H and O–H groups in total. The third-order valence-electron chi connectivity index (χ3n) is 4.23. The SMILES string of the molecule is CCOC(=O)c1sc(C(C)NC(=NC)NCc2csc(-c3ccccc3)n2)nc1C.I. The minimum atomic E-state index is -0.328. The van der Waals surface area contributed by atoms with Gasteiger partial charge < -0.3 is 15.4 Å². The van der Waals surface area contributed by atoms with Crippen LogP contribution >= 0.6 is 46.7 Å². The number of carbonyl (C=O) groups excluding carboxylic acids is 1. The van der Waals surface area contributed by atoms with Gasteiger partial charge in [0.1, 0.15) is 14.9 Å². The molecule has 0 fully saturated rings. The minimum Gasteiger partial charge on any atom is -0.462 e. The Morgan fingerprint density at radius 3 is 2.68 bits per heavy atom. The second-order valence-electron chi connectivity index (χ2n) is 6.49. The zero-order valence-corrected chi connectivity index (χ0v) is 21.8. The summed E-state index contributed by atoms with van der Waals surface area (Å²) in [4.78, 5) is 26.1. The highest BCUT2D eigenvalue weighted by Crippen LogP contribution is 2.25. The number of halogens is 1. The first-order valence-electron chi connectivity index (χ1n) is 9.63. The average Bonchev–Trinajstić information content (AvgIpc) is 3.38. The minimum absolute atomic E-state index is 0. The summed E-state index contributed by atoms with van der Waals surface area (Å²) in [6.07, 6.45) is 0. The largest absolute Gasteiger partial charge is 0.462 e. The molecule has 0 aliphatic carbocycles. The van der Waals surface area contributed by atoms with E-state index in [1.54, 1.807) is 25.3 Å². The van der Waals surface area contributed by atoms with Crippen molar-refractivity contribution in [1.82, 2.24) is 20.6 Å². The van der Waals surface area contributed by atoms with Crippen LogP contribution in [-0.4, -0.2) is 35.6 Å². The molecule has 31 heavy (non-hydrogen) atoms. The normalized spacial score (nSPS) is 12.1. The number of benzene rings is 1. The third kappa shape index (κ3) is 6.71. The van der Waals surface area contributed by atoms with E-state index in [2.05, 4.69) is 37.7 Å². The van der Waals surface area contributed by atoms with Gasteiger partial charge in [-0.05, 0) is 20.8 Å². The molecule has 2 aromatic heterocycles. The first kappa shape index (κ1) is 25.2. The number of carbonyl (C=O) groups is 1. The van der Waals surface area contributed by atoms with Crippen molar-refractivity contribution in [3.63, 3.8) is 0 Å². The van der Waals surface area contributed by atoms with Gasteiger partial charge in [-0.25, -0.2) is 14.8 Å². The molecule has 0 aliphatic rings. The Morgan fingerprint density at radius 2 is 2.00 bits per heavy atom. The highest BCUT2D eigenvalue weighted by atomic mass is 127. The molecule has 2 heterocycles. The van der Waals surface area contributed by atoms with E-state index < -0.39 is 0 Å². The fourth-order valence-electron chi connectivity index (χ4n) is 2.73. The van der Waals surface area contributed by atoms with Crippen LogP contribution in [0.15, 0.2) is 40.7 Å². The highest BCUT2D eigenvalue weighted by molar-refractivity contribution is 14.0. The van der Waals surface area contributed by atoms with Gasteiger partial charge in [0.05, 0.1) is 30.6 Å². The summed E-state index contributed by atoms with van der Waals surface area (Å²) in [5.74, 6) is 0.313. The van der Waals surface area contributed by atoms with Crippen molar-refractivity contribution in [2.24, 2.45) is 4.99 Å². The van der Waals surface area contributed by atoms with Crippen LogP contribution in [0.25, 0.3) is 10.6 Å². The van der Waals surface area contributed by atoms with Crippen LogP contribution < -0.4 is 10.6 Å². The molecule has 10 heteroatoms. The van der Waals surface area contributed by atoms with Gasteiger partial charge in [-0.3, -0.25) is 4.99 Å².